The molecule has 1 unspecified atom stereocenters. The number of carboxylic acids is 1. The Hall–Kier alpha value is -4.39. The predicted octanol–water partition coefficient (Wildman–Crippen LogP) is 8.05. The molecule has 206 valence electrons. The SMILES string of the molecule is Cc1nsc(-c2cc3sc(-c4ccc(-c5nnc(CC(=O)O)o5)cc4)cc3s2)c1NC(=O)OC(C)c1ccccc1. The van der Waals surface area contributed by atoms with E-state index in [0.717, 1.165) is 46.4 Å². The van der Waals surface area contributed by atoms with Crippen molar-refractivity contribution in [1.29, 1.82) is 0 Å². The van der Waals surface area contributed by atoms with Crippen LogP contribution in [0.3, 0.4) is 0 Å². The highest BCUT2D eigenvalue weighted by molar-refractivity contribution is 7.32. The number of fused-ring (bicyclic) bond motifs is 1. The first kappa shape index (κ1) is 26.8. The molecule has 0 aliphatic rings. The van der Waals surface area contributed by atoms with E-state index >= 15 is 0 Å². The zero-order valence-corrected chi connectivity index (χ0v) is 24.2. The lowest BCUT2D eigenvalue weighted by Gasteiger charge is -2.14. The monoisotopic (exact) mass is 602 g/mol. The zero-order valence-electron chi connectivity index (χ0n) is 21.8. The van der Waals surface area contributed by atoms with E-state index < -0.39 is 12.1 Å². The Morgan fingerprint density at radius 1 is 0.976 bits per heavy atom. The van der Waals surface area contributed by atoms with Gasteiger partial charge in [0.05, 0.1) is 21.1 Å². The smallest absolute Gasteiger partial charge is 0.412 e. The maximum atomic E-state index is 12.7. The number of hydrogen-bond donors (Lipinski definition) is 2. The van der Waals surface area contributed by atoms with Crippen LogP contribution in [0.4, 0.5) is 10.5 Å². The molecule has 0 saturated heterocycles. The molecule has 4 aromatic heterocycles. The van der Waals surface area contributed by atoms with Gasteiger partial charge in [0.15, 0.2) is 0 Å². The van der Waals surface area contributed by atoms with Gasteiger partial charge in [0, 0.05) is 19.8 Å². The number of benzene rings is 2. The van der Waals surface area contributed by atoms with E-state index in [1.807, 2.05) is 68.4 Å². The molecule has 0 fully saturated rings. The van der Waals surface area contributed by atoms with Crippen molar-refractivity contribution in [3.8, 4) is 31.6 Å². The number of carbonyl (C=O) groups excluding carboxylic acids is 1. The lowest BCUT2D eigenvalue weighted by Crippen LogP contribution is -2.16. The van der Waals surface area contributed by atoms with Crippen molar-refractivity contribution in [1.82, 2.24) is 14.6 Å². The summed E-state index contributed by atoms with van der Waals surface area (Å²) in [5.74, 6) is -0.670. The second-order valence-electron chi connectivity index (χ2n) is 9.15. The molecule has 2 aromatic carbocycles. The van der Waals surface area contributed by atoms with Gasteiger partial charge in [-0.1, -0.05) is 42.5 Å². The topological polar surface area (TPSA) is 127 Å². The maximum Gasteiger partial charge on any atom is 0.412 e. The largest absolute Gasteiger partial charge is 0.481 e. The Bertz CT molecular complexity index is 1820. The summed E-state index contributed by atoms with van der Waals surface area (Å²) in [5, 5.41) is 19.5. The molecule has 2 N–H and O–H groups in total. The summed E-state index contributed by atoms with van der Waals surface area (Å²) in [4.78, 5) is 26.6. The van der Waals surface area contributed by atoms with Crippen LogP contribution >= 0.6 is 34.2 Å². The summed E-state index contributed by atoms with van der Waals surface area (Å²) in [6, 6.07) is 21.6. The second-order valence-corrected chi connectivity index (χ2v) is 12.1. The van der Waals surface area contributed by atoms with Crippen molar-refractivity contribution in [2.45, 2.75) is 26.4 Å². The first-order chi connectivity index (χ1) is 19.8. The molecule has 0 spiro atoms. The first-order valence-electron chi connectivity index (χ1n) is 12.5. The molecule has 0 aliphatic carbocycles. The number of anilines is 1. The summed E-state index contributed by atoms with van der Waals surface area (Å²) in [6.07, 6.45) is -1.21. The van der Waals surface area contributed by atoms with Crippen molar-refractivity contribution in [2.75, 3.05) is 5.32 Å². The molecule has 0 aliphatic heterocycles. The van der Waals surface area contributed by atoms with Gasteiger partial charge in [-0.15, -0.1) is 32.9 Å². The molecule has 1 amide bonds. The number of amides is 1. The molecule has 0 radical (unpaired) electrons. The van der Waals surface area contributed by atoms with Gasteiger partial charge in [-0.25, -0.2) is 4.79 Å². The number of nitrogens with zero attached hydrogens (tertiary/aromatic N) is 3. The summed E-state index contributed by atoms with van der Waals surface area (Å²) in [7, 11) is 0. The van der Waals surface area contributed by atoms with Crippen LogP contribution < -0.4 is 5.32 Å². The molecule has 4 heterocycles. The molecule has 41 heavy (non-hydrogen) atoms. The summed E-state index contributed by atoms with van der Waals surface area (Å²) >= 11 is 4.68. The van der Waals surface area contributed by atoms with Crippen LogP contribution in [-0.4, -0.2) is 31.7 Å². The van der Waals surface area contributed by atoms with E-state index in [9.17, 15) is 9.59 Å². The van der Waals surface area contributed by atoms with Gasteiger partial charge in [0.25, 0.3) is 0 Å². The number of aliphatic carboxylic acids is 1. The number of ether oxygens (including phenoxy) is 1. The van der Waals surface area contributed by atoms with E-state index in [4.69, 9.17) is 14.3 Å². The van der Waals surface area contributed by atoms with Crippen LogP contribution in [-0.2, 0) is 16.0 Å². The van der Waals surface area contributed by atoms with Gasteiger partial charge < -0.3 is 14.3 Å². The number of aryl methyl sites for hydroxylation is 1. The molecule has 6 aromatic rings. The molecule has 9 nitrogen and oxygen atoms in total. The Kier molecular flexibility index (Phi) is 7.35. The highest BCUT2D eigenvalue weighted by Gasteiger charge is 2.20. The number of hydrogen-bond acceptors (Lipinski definition) is 10. The minimum atomic E-state index is -1.02. The van der Waals surface area contributed by atoms with Gasteiger partial charge in [0.1, 0.15) is 12.5 Å². The van der Waals surface area contributed by atoms with Crippen molar-refractivity contribution in [3.63, 3.8) is 0 Å². The molecule has 12 heteroatoms. The van der Waals surface area contributed by atoms with Crippen LogP contribution in [0.25, 0.3) is 41.0 Å². The van der Waals surface area contributed by atoms with Crippen LogP contribution in [0.15, 0.2) is 71.1 Å². The highest BCUT2D eigenvalue weighted by atomic mass is 32.1. The number of aromatic nitrogens is 3. The number of rotatable bonds is 8. The van der Waals surface area contributed by atoms with E-state index in [1.165, 1.54) is 11.5 Å². The lowest BCUT2D eigenvalue weighted by atomic mass is 10.1. The normalized spacial score (nSPS) is 12.0. The zero-order chi connectivity index (χ0) is 28.5. The van der Waals surface area contributed by atoms with Crippen LogP contribution in [0.1, 0.15) is 30.2 Å². The van der Waals surface area contributed by atoms with Crippen LogP contribution in [0.2, 0.25) is 0 Å². The Morgan fingerprint density at radius 3 is 2.39 bits per heavy atom. The van der Waals surface area contributed by atoms with Gasteiger partial charge in [-0.05, 0) is 60.8 Å². The second kappa shape index (κ2) is 11.2. The fourth-order valence-corrected chi connectivity index (χ4v) is 7.55. The van der Waals surface area contributed by atoms with Gasteiger partial charge in [-0.3, -0.25) is 10.1 Å². The lowest BCUT2D eigenvalue weighted by molar-refractivity contribution is -0.136. The van der Waals surface area contributed by atoms with E-state index in [1.54, 1.807) is 22.7 Å². The van der Waals surface area contributed by atoms with Crippen molar-refractivity contribution < 1.29 is 23.8 Å². The standard InChI is InChI=1S/C29H22N4O5S3/c1-15-26(30-29(36)37-16(2)17-6-4-3-5-7-17)27(41-33-15)23-13-22-21(40-23)12-20(39-22)18-8-10-19(11-9-18)28-32-31-24(38-28)14-25(34)35/h3-13,16H,14H2,1-2H3,(H,30,36)(H,34,35). The van der Waals surface area contributed by atoms with E-state index in [2.05, 4.69) is 32.0 Å². The molecule has 0 bridgehead atoms. The Balaban J connectivity index is 1.17. The summed E-state index contributed by atoms with van der Waals surface area (Å²) in [6.45, 7) is 3.71. The average Bonchev–Trinajstić information content (AvgIpc) is 3.74. The molecule has 6 rings (SSSR count). The number of nitrogens with one attached hydrogen (secondary N) is 1. The fraction of sp³-hybridized carbons (Fsp3) is 0.138. The van der Waals surface area contributed by atoms with Gasteiger partial charge >= 0.3 is 12.1 Å². The summed E-state index contributed by atoms with van der Waals surface area (Å²) < 4.78 is 17.8. The number of carboxylic acid groups (broad SMARTS) is 1. The van der Waals surface area contributed by atoms with Crippen molar-refractivity contribution >= 4 is 61.4 Å². The predicted molar refractivity (Wildman–Crippen MR) is 161 cm³/mol. The molecule has 0 saturated carbocycles. The van der Waals surface area contributed by atoms with Gasteiger partial charge in [0.2, 0.25) is 11.8 Å². The maximum absolute atomic E-state index is 12.7. The highest BCUT2D eigenvalue weighted by Crippen LogP contribution is 2.45. The average molecular weight is 603 g/mol. The fourth-order valence-electron chi connectivity index (χ4n) is 4.21. The number of thiophene rings is 2. The van der Waals surface area contributed by atoms with Crippen molar-refractivity contribution in [3.05, 3.63) is 83.9 Å². The van der Waals surface area contributed by atoms with Crippen LogP contribution in [0, 0.1) is 6.92 Å². The van der Waals surface area contributed by atoms with Gasteiger partial charge in [-0.2, -0.15) is 4.37 Å². The summed E-state index contributed by atoms with van der Waals surface area (Å²) in [5.41, 5.74) is 4.09. The van der Waals surface area contributed by atoms with Crippen LogP contribution in [0.5, 0.6) is 0 Å². The third-order valence-electron chi connectivity index (χ3n) is 6.26. The molecular weight excluding hydrogens is 581 g/mol. The Labute approximate surface area is 246 Å². The van der Waals surface area contributed by atoms with E-state index in [-0.39, 0.29) is 24.3 Å². The first-order valence-corrected chi connectivity index (χ1v) is 14.9. The number of carbonyl (C=O) groups is 2. The molecular formula is C29H22N4O5S3. The van der Waals surface area contributed by atoms with Crippen molar-refractivity contribution in [2.24, 2.45) is 0 Å². The minimum Gasteiger partial charge on any atom is -0.481 e. The quantitative estimate of drug-likeness (QED) is 0.179. The third kappa shape index (κ3) is 5.75. The van der Waals surface area contributed by atoms with E-state index in [0.29, 0.717) is 5.69 Å². The Morgan fingerprint density at radius 2 is 1.66 bits per heavy atom. The third-order valence-corrected chi connectivity index (χ3v) is 9.72. The minimum absolute atomic E-state index is 0.0685. The molecule has 1 atom stereocenters.